The summed E-state index contributed by atoms with van der Waals surface area (Å²) in [5.74, 6) is 2.76. The van der Waals surface area contributed by atoms with Gasteiger partial charge in [0.1, 0.15) is 11.5 Å². The van der Waals surface area contributed by atoms with Crippen LogP contribution < -0.4 is 5.32 Å². The molecule has 1 aromatic heterocycles. The Kier molecular flexibility index (Phi) is 6.37. The minimum Gasteiger partial charge on any atom is -0.465 e. The zero-order valence-electron chi connectivity index (χ0n) is 19.5. The molecule has 5 rings (SSSR count). The number of carbonyl (C=O) groups excluding carboxylic acids is 1. The Hall–Kier alpha value is -2.85. The van der Waals surface area contributed by atoms with E-state index in [-0.39, 0.29) is 17.2 Å². The summed E-state index contributed by atoms with van der Waals surface area (Å²) < 4.78 is 5.73. The summed E-state index contributed by atoms with van der Waals surface area (Å²) in [5, 5.41) is 3.27. The fourth-order valence-electron chi connectivity index (χ4n) is 5.58. The fourth-order valence-corrected chi connectivity index (χ4v) is 5.58. The number of furan rings is 1. The second-order valence-electron chi connectivity index (χ2n) is 9.86. The number of nitrogens with zero attached hydrogens (tertiary/aromatic N) is 1. The normalized spacial score (nSPS) is 19.6. The van der Waals surface area contributed by atoms with Gasteiger partial charge in [-0.1, -0.05) is 60.7 Å². The lowest BCUT2D eigenvalue weighted by Gasteiger charge is -2.32. The van der Waals surface area contributed by atoms with Crippen LogP contribution in [0.3, 0.4) is 0 Å². The van der Waals surface area contributed by atoms with Crippen molar-refractivity contribution in [3.05, 3.63) is 95.4 Å². The number of amides is 1. The van der Waals surface area contributed by atoms with Crippen LogP contribution >= 0.6 is 0 Å². The van der Waals surface area contributed by atoms with Gasteiger partial charge in [0.2, 0.25) is 5.91 Å². The maximum Gasteiger partial charge on any atom is 0.223 e. The highest BCUT2D eigenvalue weighted by Gasteiger charge is 2.58. The van der Waals surface area contributed by atoms with Crippen molar-refractivity contribution in [2.24, 2.45) is 11.3 Å². The lowest BCUT2D eigenvalue weighted by atomic mass is 9.88. The predicted octanol–water partition coefficient (Wildman–Crippen LogP) is 5.53. The van der Waals surface area contributed by atoms with Crippen LogP contribution in [0.2, 0.25) is 0 Å². The molecule has 1 amide bonds. The van der Waals surface area contributed by atoms with Gasteiger partial charge in [-0.15, -0.1) is 0 Å². The molecule has 1 N–H and O–H groups in total. The van der Waals surface area contributed by atoms with Gasteiger partial charge in [-0.05, 0) is 74.4 Å². The molecule has 33 heavy (non-hydrogen) atoms. The molecule has 1 aliphatic heterocycles. The zero-order valence-corrected chi connectivity index (χ0v) is 19.5. The number of hydrogen-bond donors (Lipinski definition) is 1. The average Bonchev–Trinajstić information content (AvgIpc) is 3.40. The number of carbonyl (C=O) groups is 1. The van der Waals surface area contributed by atoms with E-state index in [4.69, 9.17) is 4.42 Å². The lowest BCUT2D eigenvalue weighted by molar-refractivity contribution is -0.123. The Morgan fingerprint density at radius 3 is 2.21 bits per heavy atom. The third-order valence-electron chi connectivity index (χ3n) is 7.67. The molecule has 0 bridgehead atoms. The van der Waals surface area contributed by atoms with Crippen LogP contribution in [-0.2, 0) is 11.3 Å². The van der Waals surface area contributed by atoms with Crippen molar-refractivity contribution >= 4 is 5.91 Å². The van der Waals surface area contributed by atoms with E-state index in [0.29, 0.717) is 12.5 Å². The first-order valence-corrected chi connectivity index (χ1v) is 12.3. The number of nitrogens with one attached hydrogen (secondary N) is 1. The van der Waals surface area contributed by atoms with Crippen LogP contribution in [0.4, 0.5) is 0 Å². The van der Waals surface area contributed by atoms with Crippen LogP contribution in [0.1, 0.15) is 54.2 Å². The summed E-state index contributed by atoms with van der Waals surface area (Å²) in [5.41, 5.74) is 2.85. The molecular formula is C29H34N2O2. The van der Waals surface area contributed by atoms with Crippen molar-refractivity contribution in [3.8, 4) is 0 Å². The zero-order chi connectivity index (χ0) is 22.7. The molecule has 1 saturated carbocycles. The second kappa shape index (κ2) is 9.56. The van der Waals surface area contributed by atoms with Crippen molar-refractivity contribution in [2.45, 2.75) is 45.1 Å². The summed E-state index contributed by atoms with van der Waals surface area (Å²) in [6.07, 6.45) is 4.19. The van der Waals surface area contributed by atoms with E-state index in [1.165, 1.54) is 11.1 Å². The summed E-state index contributed by atoms with van der Waals surface area (Å²) in [6, 6.07) is 25.3. The first-order valence-electron chi connectivity index (χ1n) is 12.3. The molecule has 172 valence electrons. The van der Waals surface area contributed by atoms with Crippen LogP contribution in [0.25, 0.3) is 0 Å². The van der Waals surface area contributed by atoms with E-state index >= 15 is 0 Å². The van der Waals surface area contributed by atoms with Gasteiger partial charge in [0.25, 0.3) is 0 Å². The topological polar surface area (TPSA) is 45.5 Å². The SMILES string of the molecule is Cc1ccc(CN2CCC3(CC2)C[C@H]3C(=O)NCCC(c2ccccc2)c2ccccc2)o1. The largest absolute Gasteiger partial charge is 0.465 e. The smallest absolute Gasteiger partial charge is 0.223 e. The van der Waals surface area contributed by atoms with Gasteiger partial charge in [0.05, 0.1) is 6.54 Å². The molecule has 4 heteroatoms. The molecule has 2 aliphatic rings. The average molecular weight is 443 g/mol. The molecule has 3 aromatic rings. The van der Waals surface area contributed by atoms with Crippen molar-refractivity contribution in [1.29, 1.82) is 0 Å². The van der Waals surface area contributed by atoms with E-state index in [2.05, 4.69) is 76.9 Å². The van der Waals surface area contributed by atoms with Gasteiger partial charge >= 0.3 is 0 Å². The fraction of sp³-hybridized carbons (Fsp3) is 0.414. The highest BCUT2D eigenvalue weighted by atomic mass is 16.3. The van der Waals surface area contributed by atoms with Crippen molar-refractivity contribution in [2.75, 3.05) is 19.6 Å². The Morgan fingerprint density at radius 1 is 1.00 bits per heavy atom. The molecule has 0 radical (unpaired) electrons. The van der Waals surface area contributed by atoms with Gasteiger partial charge in [0.15, 0.2) is 0 Å². The molecule has 2 heterocycles. The minimum absolute atomic E-state index is 0.192. The number of aryl methyl sites for hydroxylation is 1. The van der Waals surface area contributed by atoms with E-state index in [9.17, 15) is 4.79 Å². The third kappa shape index (κ3) is 5.06. The Bertz CT molecular complexity index is 1010. The van der Waals surface area contributed by atoms with Crippen molar-refractivity contribution in [3.63, 3.8) is 0 Å². The maximum absolute atomic E-state index is 13.0. The molecule has 1 spiro atoms. The molecular weight excluding hydrogens is 408 g/mol. The van der Waals surface area contributed by atoms with E-state index < -0.39 is 0 Å². The predicted molar refractivity (Wildman–Crippen MR) is 131 cm³/mol. The van der Waals surface area contributed by atoms with Crippen LogP contribution in [-0.4, -0.2) is 30.4 Å². The van der Waals surface area contributed by atoms with Crippen molar-refractivity contribution < 1.29 is 9.21 Å². The van der Waals surface area contributed by atoms with Crippen LogP contribution in [0.5, 0.6) is 0 Å². The first kappa shape index (κ1) is 22.0. The van der Waals surface area contributed by atoms with Gasteiger partial charge in [-0.25, -0.2) is 0 Å². The Morgan fingerprint density at radius 2 is 1.64 bits per heavy atom. The Labute approximate surface area is 197 Å². The molecule has 1 saturated heterocycles. The number of piperidine rings is 1. The third-order valence-corrected chi connectivity index (χ3v) is 7.67. The quantitative estimate of drug-likeness (QED) is 0.499. The highest BCUT2D eigenvalue weighted by Crippen LogP contribution is 2.59. The number of benzene rings is 2. The van der Waals surface area contributed by atoms with Gasteiger partial charge in [0, 0.05) is 18.4 Å². The molecule has 0 unspecified atom stereocenters. The van der Waals surface area contributed by atoms with Gasteiger partial charge < -0.3 is 9.73 Å². The van der Waals surface area contributed by atoms with Crippen LogP contribution in [0, 0.1) is 18.3 Å². The van der Waals surface area contributed by atoms with E-state index in [0.717, 1.165) is 56.8 Å². The monoisotopic (exact) mass is 442 g/mol. The van der Waals surface area contributed by atoms with Gasteiger partial charge in [-0.3, -0.25) is 9.69 Å². The molecule has 2 fully saturated rings. The summed E-state index contributed by atoms with van der Waals surface area (Å²) >= 11 is 0. The van der Waals surface area contributed by atoms with E-state index in [1.54, 1.807) is 0 Å². The molecule has 2 aromatic carbocycles. The summed E-state index contributed by atoms with van der Waals surface area (Å²) in [6.45, 7) is 5.68. The number of rotatable bonds is 8. The standard InChI is InChI=1S/C29H34N2O2/c1-22-12-13-25(33-22)21-31-18-15-29(16-19-31)20-27(29)28(32)30-17-14-26(23-8-4-2-5-9-23)24-10-6-3-7-11-24/h2-13,26-27H,14-21H2,1H3,(H,30,32)/t27-/m0/s1. The molecule has 4 nitrogen and oxygen atoms in total. The Balaban J connectivity index is 1.11. The summed E-state index contributed by atoms with van der Waals surface area (Å²) in [7, 11) is 0. The minimum atomic E-state index is 0.192. The number of likely N-dealkylation sites (tertiary alicyclic amines) is 1. The molecule has 1 atom stereocenters. The number of hydrogen-bond acceptors (Lipinski definition) is 3. The van der Waals surface area contributed by atoms with Crippen LogP contribution in [0.15, 0.2) is 77.2 Å². The highest BCUT2D eigenvalue weighted by molar-refractivity contribution is 5.82. The van der Waals surface area contributed by atoms with Crippen molar-refractivity contribution in [1.82, 2.24) is 10.2 Å². The van der Waals surface area contributed by atoms with Gasteiger partial charge in [-0.2, -0.15) is 0 Å². The molecule has 1 aliphatic carbocycles. The second-order valence-corrected chi connectivity index (χ2v) is 9.86. The first-order chi connectivity index (χ1) is 16.1. The summed E-state index contributed by atoms with van der Waals surface area (Å²) in [4.78, 5) is 15.4. The lowest BCUT2D eigenvalue weighted by Crippen LogP contribution is -2.37. The maximum atomic E-state index is 13.0. The van der Waals surface area contributed by atoms with E-state index in [1.807, 2.05) is 13.0 Å².